The summed E-state index contributed by atoms with van der Waals surface area (Å²) in [5.41, 5.74) is 5.27. The van der Waals surface area contributed by atoms with Crippen LogP contribution >= 0.6 is 0 Å². The maximum Gasteiger partial charge on any atom is 0.126 e. The van der Waals surface area contributed by atoms with Crippen molar-refractivity contribution < 1.29 is 4.74 Å². The molecule has 1 heterocycles. The molecule has 15 heavy (non-hydrogen) atoms. The largest absolute Gasteiger partial charge is 0.493 e. The van der Waals surface area contributed by atoms with Crippen LogP contribution in [0.2, 0.25) is 19.6 Å². The number of fused-ring (bicyclic) bond motifs is 1. The molecule has 1 nitrogen and oxygen atoms in total. The first-order valence-corrected chi connectivity index (χ1v) is 9.08. The Hall–Kier alpha value is -1.02. The maximum absolute atomic E-state index is 5.64. The van der Waals surface area contributed by atoms with E-state index in [-0.39, 0.29) is 0 Å². The van der Waals surface area contributed by atoms with Gasteiger partial charge in [-0.05, 0) is 11.6 Å². The SMILES string of the molecule is C[Si](C)(C)/C=C1/CCOc2ccccc21. The van der Waals surface area contributed by atoms with E-state index in [0.29, 0.717) is 0 Å². The smallest absolute Gasteiger partial charge is 0.126 e. The summed E-state index contributed by atoms with van der Waals surface area (Å²) in [6, 6.07) is 8.36. The highest BCUT2D eigenvalue weighted by atomic mass is 28.3. The summed E-state index contributed by atoms with van der Waals surface area (Å²) < 4.78 is 5.64. The second kappa shape index (κ2) is 3.85. The predicted octanol–water partition coefficient (Wildman–Crippen LogP) is 3.73. The number of rotatable bonds is 1. The first-order valence-electron chi connectivity index (χ1n) is 5.50. The van der Waals surface area contributed by atoms with Gasteiger partial charge in [0, 0.05) is 12.0 Å². The van der Waals surface area contributed by atoms with Crippen LogP contribution in [0.5, 0.6) is 5.75 Å². The number of ether oxygens (including phenoxy) is 1. The summed E-state index contributed by atoms with van der Waals surface area (Å²) in [4.78, 5) is 0. The van der Waals surface area contributed by atoms with Crippen LogP contribution in [-0.4, -0.2) is 14.7 Å². The lowest BCUT2D eigenvalue weighted by atomic mass is 10.0. The molecule has 0 unspecified atom stereocenters. The molecule has 2 heteroatoms. The minimum Gasteiger partial charge on any atom is -0.493 e. The van der Waals surface area contributed by atoms with Crippen LogP contribution < -0.4 is 4.74 Å². The van der Waals surface area contributed by atoms with Crippen molar-refractivity contribution in [2.24, 2.45) is 0 Å². The highest BCUT2D eigenvalue weighted by Crippen LogP contribution is 2.33. The Balaban J connectivity index is 2.42. The molecule has 0 aromatic heterocycles. The van der Waals surface area contributed by atoms with Gasteiger partial charge in [0.25, 0.3) is 0 Å². The second-order valence-electron chi connectivity index (χ2n) is 5.13. The second-order valence-corrected chi connectivity index (χ2v) is 10.2. The van der Waals surface area contributed by atoms with E-state index in [1.54, 1.807) is 0 Å². The predicted molar refractivity (Wildman–Crippen MR) is 67.9 cm³/mol. The molecule has 0 bridgehead atoms. The van der Waals surface area contributed by atoms with Gasteiger partial charge in [-0.3, -0.25) is 0 Å². The minimum absolute atomic E-state index is 0.827. The van der Waals surface area contributed by atoms with Crippen molar-refractivity contribution in [1.29, 1.82) is 0 Å². The molecule has 0 N–H and O–H groups in total. The summed E-state index contributed by atoms with van der Waals surface area (Å²) in [5, 5.41) is 0. The summed E-state index contributed by atoms with van der Waals surface area (Å²) >= 11 is 0. The fourth-order valence-electron chi connectivity index (χ4n) is 1.94. The van der Waals surface area contributed by atoms with Gasteiger partial charge in [-0.25, -0.2) is 0 Å². The quantitative estimate of drug-likeness (QED) is 0.653. The van der Waals surface area contributed by atoms with Gasteiger partial charge in [-0.2, -0.15) is 0 Å². The molecule has 1 aliphatic rings. The van der Waals surface area contributed by atoms with Gasteiger partial charge in [0.15, 0.2) is 0 Å². The van der Waals surface area contributed by atoms with E-state index in [4.69, 9.17) is 4.74 Å². The van der Waals surface area contributed by atoms with Crippen LogP contribution in [0.4, 0.5) is 0 Å². The highest BCUT2D eigenvalue weighted by Gasteiger charge is 2.18. The van der Waals surface area contributed by atoms with Crippen LogP contribution in [-0.2, 0) is 0 Å². The minimum atomic E-state index is -1.13. The van der Waals surface area contributed by atoms with E-state index in [9.17, 15) is 0 Å². The van der Waals surface area contributed by atoms with Crippen molar-refractivity contribution in [3.8, 4) is 5.75 Å². The van der Waals surface area contributed by atoms with E-state index in [0.717, 1.165) is 18.8 Å². The number of hydrogen-bond acceptors (Lipinski definition) is 1. The molecule has 2 rings (SSSR count). The van der Waals surface area contributed by atoms with Crippen LogP contribution in [0.25, 0.3) is 5.57 Å². The van der Waals surface area contributed by atoms with E-state index in [1.165, 1.54) is 11.1 Å². The monoisotopic (exact) mass is 218 g/mol. The average molecular weight is 218 g/mol. The molecular formula is C13H18OSi. The van der Waals surface area contributed by atoms with Gasteiger partial charge >= 0.3 is 0 Å². The molecule has 0 fully saturated rings. The first kappa shape index (κ1) is 10.5. The van der Waals surface area contributed by atoms with Gasteiger partial charge in [-0.1, -0.05) is 43.5 Å². The third-order valence-corrected chi connectivity index (χ3v) is 3.68. The van der Waals surface area contributed by atoms with E-state index in [2.05, 4.69) is 43.5 Å². The number of benzene rings is 1. The highest BCUT2D eigenvalue weighted by molar-refractivity contribution is 6.81. The zero-order chi connectivity index (χ0) is 10.9. The molecular weight excluding hydrogens is 200 g/mol. The van der Waals surface area contributed by atoms with Crippen LogP contribution in [0, 0.1) is 0 Å². The lowest BCUT2D eigenvalue weighted by Gasteiger charge is -2.22. The molecule has 0 aliphatic carbocycles. The third-order valence-electron chi connectivity index (χ3n) is 2.47. The zero-order valence-corrected chi connectivity index (χ0v) is 10.7. The molecule has 0 saturated heterocycles. The van der Waals surface area contributed by atoms with E-state index >= 15 is 0 Å². The number of hydrogen-bond donors (Lipinski definition) is 0. The maximum atomic E-state index is 5.64. The molecule has 0 spiro atoms. The normalized spacial score (nSPS) is 18.5. The molecule has 0 amide bonds. The molecule has 1 aliphatic heterocycles. The Morgan fingerprint density at radius 3 is 2.67 bits per heavy atom. The van der Waals surface area contributed by atoms with Crippen LogP contribution in [0.3, 0.4) is 0 Å². The Morgan fingerprint density at radius 2 is 1.93 bits per heavy atom. The summed E-state index contributed by atoms with van der Waals surface area (Å²) in [7, 11) is -1.13. The Morgan fingerprint density at radius 1 is 1.20 bits per heavy atom. The van der Waals surface area contributed by atoms with Crippen molar-refractivity contribution in [1.82, 2.24) is 0 Å². The van der Waals surface area contributed by atoms with Gasteiger partial charge in [0.2, 0.25) is 0 Å². The van der Waals surface area contributed by atoms with Gasteiger partial charge < -0.3 is 4.74 Å². The van der Waals surface area contributed by atoms with Crippen LogP contribution in [0.1, 0.15) is 12.0 Å². The standard InChI is InChI=1S/C13H18OSi/c1-15(2,3)10-11-8-9-14-13-7-5-4-6-12(11)13/h4-7,10H,8-9H2,1-3H3/b11-10-. The fourth-order valence-corrected chi connectivity index (χ4v) is 3.28. The van der Waals surface area contributed by atoms with Crippen LogP contribution in [0.15, 0.2) is 30.0 Å². The van der Waals surface area contributed by atoms with E-state index in [1.807, 2.05) is 6.07 Å². The molecule has 0 atom stereocenters. The van der Waals surface area contributed by atoms with Crippen molar-refractivity contribution in [2.45, 2.75) is 26.1 Å². The molecule has 1 aromatic rings. The van der Waals surface area contributed by atoms with Gasteiger partial charge in [-0.15, -0.1) is 0 Å². The Bertz CT molecular complexity index is 388. The zero-order valence-electron chi connectivity index (χ0n) is 9.71. The first-order chi connectivity index (χ1) is 7.06. The summed E-state index contributed by atoms with van der Waals surface area (Å²) in [6.07, 6.45) is 1.06. The van der Waals surface area contributed by atoms with E-state index < -0.39 is 8.07 Å². The van der Waals surface area contributed by atoms with Crippen molar-refractivity contribution in [2.75, 3.05) is 6.61 Å². The van der Waals surface area contributed by atoms with Crippen molar-refractivity contribution >= 4 is 13.6 Å². The molecule has 80 valence electrons. The topological polar surface area (TPSA) is 9.23 Å². The lowest BCUT2D eigenvalue weighted by Crippen LogP contribution is -2.18. The molecule has 1 aromatic carbocycles. The third kappa shape index (κ3) is 2.51. The fraction of sp³-hybridized carbons (Fsp3) is 0.385. The molecule has 0 radical (unpaired) electrons. The Labute approximate surface area is 92.8 Å². The van der Waals surface area contributed by atoms with Gasteiger partial charge in [0.05, 0.1) is 14.7 Å². The summed E-state index contributed by atoms with van der Waals surface area (Å²) in [6.45, 7) is 7.95. The lowest BCUT2D eigenvalue weighted by molar-refractivity contribution is 0.316. The van der Waals surface area contributed by atoms with Crippen molar-refractivity contribution in [3.63, 3.8) is 0 Å². The average Bonchev–Trinajstić information content (AvgIpc) is 2.16. The molecule has 0 saturated carbocycles. The Kier molecular flexibility index (Phi) is 2.70. The number of para-hydroxylation sites is 1. The summed E-state index contributed by atoms with van der Waals surface area (Å²) in [5.74, 6) is 1.05. The van der Waals surface area contributed by atoms with Gasteiger partial charge in [0.1, 0.15) is 5.75 Å². The van der Waals surface area contributed by atoms with Crippen molar-refractivity contribution in [3.05, 3.63) is 35.5 Å².